The number of benzene rings is 1. The van der Waals surface area contributed by atoms with E-state index in [1.807, 2.05) is 18.2 Å². The van der Waals surface area contributed by atoms with Gasteiger partial charge in [-0.3, -0.25) is 10.2 Å². The minimum atomic E-state index is 0.368. The van der Waals surface area contributed by atoms with Gasteiger partial charge in [0.15, 0.2) is 0 Å². The van der Waals surface area contributed by atoms with Gasteiger partial charge >= 0.3 is 0 Å². The van der Waals surface area contributed by atoms with Gasteiger partial charge in [-0.2, -0.15) is 10.1 Å². The normalized spacial score (nSPS) is 10.8. The van der Waals surface area contributed by atoms with E-state index >= 15 is 0 Å². The first-order valence-corrected chi connectivity index (χ1v) is 6.16. The molecule has 1 aromatic heterocycles. The largest absolute Gasteiger partial charge is 0.496 e. The lowest BCUT2D eigenvalue weighted by atomic mass is 10.2. The molecule has 0 aliphatic carbocycles. The van der Waals surface area contributed by atoms with Crippen molar-refractivity contribution in [1.82, 2.24) is 15.2 Å². The molecule has 94 valence electrons. The van der Waals surface area contributed by atoms with E-state index in [1.165, 1.54) is 0 Å². The second-order valence-corrected chi connectivity index (χ2v) is 4.57. The molecule has 0 radical (unpaired) electrons. The third kappa shape index (κ3) is 3.17. The van der Waals surface area contributed by atoms with Gasteiger partial charge in [0, 0.05) is 10.0 Å². The number of methoxy groups -OCH3 is 1. The molecule has 2 aromatic rings. The van der Waals surface area contributed by atoms with E-state index in [9.17, 15) is 0 Å². The molecular formula is C10H10BrN5OS. The summed E-state index contributed by atoms with van der Waals surface area (Å²) in [6.07, 6.45) is 1.63. The number of aromatic nitrogens is 3. The number of H-pyrrole nitrogens is 2. The molecule has 6 nitrogen and oxygen atoms in total. The second kappa shape index (κ2) is 5.78. The van der Waals surface area contributed by atoms with Gasteiger partial charge in [0.1, 0.15) is 5.75 Å². The minimum Gasteiger partial charge on any atom is -0.496 e. The molecule has 0 fully saturated rings. The summed E-state index contributed by atoms with van der Waals surface area (Å²) in [7, 11) is 1.61. The van der Waals surface area contributed by atoms with Gasteiger partial charge in [-0.15, -0.1) is 0 Å². The highest BCUT2D eigenvalue weighted by Crippen LogP contribution is 2.21. The van der Waals surface area contributed by atoms with Crippen LogP contribution in [0.15, 0.2) is 27.8 Å². The van der Waals surface area contributed by atoms with Crippen molar-refractivity contribution in [3.05, 3.63) is 33.0 Å². The number of hydrazone groups is 1. The highest BCUT2D eigenvalue weighted by molar-refractivity contribution is 9.10. The van der Waals surface area contributed by atoms with Crippen molar-refractivity contribution < 1.29 is 4.74 Å². The Morgan fingerprint density at radius 2 is 2.33 bits per heavy atom. The van der Waals surface area contributed by atoms with Crippen molar-refractivity contribution in [1.29, 1.82) is 0 Å². The molecular weight excluding hydrogens is 318 g/mol. The topological polar surface area (TPSA) is 78.1 Å². The average Bonchev–Trinajstić information content (AvgIpc) is 2.75. The number of anilines is 1. The SMILES string of the molecule is COc1ccc(Br)cc1/C=N/Nc1nc(=S)[nH][nH]1. The molecule has 1 heterocycles. The Morgan fingerprint density at radius 1 is 1.50 bits per heavy atom. The molecule has 1 aromatic carbocycles. The minimum absolute atomic E-state index is 0.368. The summed E-state index contributed by atoms with van der Waals surface area (Å²) < 4.78 is 6.54. The van der Waals surface area contributed by atoms with Gasteiger partial charge in [-0.1, -0.05) is 15.9 Å². The first kappa shape index (κ1) is 12.8. The summed E-state index contributed by atoms with van der Waals surface area (Å²) in [5.41, 5.74) is 3.56. The standard InChI is InChI=1S/C10H10BrN5OS/c1-17-8-3-2-7(11)4-6(8)5-12-14-9-13-10(18)16-15-9/h2-5H,1H3,(H3,13,14,15,16,18)/b12-5+. The molecule has 0 saturated carbocycles. The van der Waals surface area contributed by atoms with Crippen molar-refractivity contribution in [2.24, 2.45) is 5.10 Å². The predicted octanol–water partition coefficient (Wildman–Crippen LogP) is 2.68. The summed E-state index contributed by atoms with van der Waals surface area (Å²) in [6.45, 7) is 0. The molecule has 0 aliphatic heterocycles. The number of hydrogen-bond donors (Lipinski definition) is 3. The zero-order chi connectivity index (χ0) is 13.0. The van der Waals surface area contributed by atoms with Crippen LogP contribution < -0.4 is 10.2 Å². The van der Waals surface area contributed by atoms with Crippen LogP contribution in [-0.4, -0.2) is 28.5 Å². The molecule has 8 heteroatoms. The van der Waals surface area contributed by atoms with Crippen LogP contribution in [0.2, 0.25) is 0 Å². The maximum atomic E-state index is 5.22. The van der Waals surface area contributed by atoms with Crippen LogP contribution in [0.4, 0.5) is 5.95 Å². The van der Waals surface area contributed by atoms with Crippen LogP contribution >= 0.6 is 28.1 Å². The molecule has 0 atom stereocenters. The number of nitrogens with one attached hydrogen (secondary N) is 3. The number of nitrogens with zero attached hydrogens (tertiary/aromatic N) is 2. The molecule has 0 spiro atoms. The summed E-state index contributed by atoms with van der Waals surface area (Å²) in [5.74, 6) is 1.18. The summed E-state index contributed by atoms with van der Waals surface area (Å²) in [6, 6.07) is 5.65. The Morgan fingerprint density at radius 3 is 3.00 bits per heavy atom. The van der Waals surface area contributed by atoms with Crippen LogP contribution in [0.3, 0.4) is 0 Å². The van der Waals surface area contributed by atoms with Gasteiger partial charge in [0.2, 0.25) is 10.7 Å². The molecule has 0 aliphatic rings. The van der Waals surface area contributed by atoms with Crippen LogP contribution in [-0.2, 0) is 0 Å². The fourth-order valence-corrected chi connectivity index (χ4v) is 1.81. The zero-order valence-corrected chi connectivity index (χ0v) is 11.8. The van der Waals surface area contributed by atoms with E-state index in [0.29, 0.717) is 10.7 Å². The summed E-state index contributed by atoms with van der Waals surface area (Å²) in [4.78, 5) is 3.94. The molecule has 0 saturated heterocycles. The number of rotatable bonds is 4. The Kier molecular flexibility index (Phi) is 4.11. The molecule has 2 rings (SSSR count). The number of aromatic amines is 2. The fourth-order valence-electron chi connectivity index (χ4n) is 1.29. The van der Waals surface area contributed by atoms with Gasteiger partial charge in [0.25, 0.3) is 0 Å². The van der Waals surface area contributed by atoms with Crippen molar-refractivity contribution in [3.8, 4) is 5.75 Å². The average molecular weight is 328 g/mol. The molecule has 0 amide bonds. The van der Waals surface area contributed by atoms with E-state index in [0.717, 1.165) is 15.8 Å². The number of halogens is 1. The van der Waals surface area contributed by atoms with Gasteiger partial charge in [0.05, 0.1) is 13.3 Å². The lowest BCUT2D eigenvalue weighted by Gasteiger charge is -2.04. The first-order chi connectivity index (χ1) is 8.69. The Balaban J connectivity index is 2.13. The van der Waals surface area contributed by atoms with Crippen molar-refractivity contribution in [2.75, 3.05) is 12.5 Å². The fraction of sp³-hybridized carbons (Fsp3) is 0.100. The summed E-state index contributed by atoms with van der Waals surface area (Å²) >= 11 is 8.21. The third-order valence-electron chi connectivity index (χ3n) is 2.07. The van der Waals surface area contributed by atoms with Crippen molar-refractivity contribution >= 4 is 40.3 Å². The van der Waals surface area contributed by atoms with Crippen LogP contribution in [0.5, 0.6) is 5.75 Å². The van der Waals surface area contributed by atoms with E-state index < -0.39 is 0 Å². The molecule has 0 unspecified atom stereocenters. The second-order valence-electron chi connectivity index (χ2n) is 3.27. The van der Waals surface area contributed by atoms with E-state index in [4.69, 9.17) is 17.0 Å². The van der Waals surface area contributed by atoms with Gasteiger partial charge in [-0.25, -0.2) is 5.43 Å². The Labute approximate surface area is 117 Å². The van der Waals surface area contributed by atoms with Crippen LogP contribution in [0.1, 0.15) is 5.56 Å². The third-order valence-corrected chi connectivity index (χ3v) is 2.75. The van der Waals surface area contributed by atoms with E-state index in [1.54, 1.807) is 13.3 Å². The molecule has 18 heavy (non-hydrogen) atoms. The molecule has 0 bridgehead atoms. The van der Waals surface area contributed by atoms with Crippen LogP contribution in [0, 0.1) is 4.77 Å². The molecule has 3 N–H and O–H groups in total. The number of hydrogen-bond acceptors (Lipinski definition) is 5. The zero-order valence-electron chi connectivity index (χ0n) is 9.40. The Hall–Kier alpha value is -1.67. The summed E-state index contributed by atoms with van der Waals surface area (Å²) in [5, 5.41) is 9.42. The van der Waals surface area contributed by atoms with Gasteiger partial charge in [-0.05, 0) is 30.4 Å². The highest BCUT2D eigenvalue weighted by atomic mass is 79.9. The lowest BCUT2D eigenvalue weighted by molar-refractivity contribution is 0.414. The quantitative estimate of drug-likeness (QED) is 0.458. The van der Waals surface area contributed by atoms with Gasteiger partial charge < -0.3 is 4.74 Å². The van der Waals surface area contributed by atoms with E-state index in [-0.39, 0.29) is 0 Å². The van der Waals surface area contributed by atoms with E-state index in [2.05, 4.69) is 41.6 Å². The lowest BCUT2D eigenvalue weighted by Crippen LogP contribution is -1.95. The van der Waals surface area contributed by atoms with Crippen LogP contribution in [0.25, 0.3) is 0 Å². The monoisotopic (exact) mass is 327 g/mol. The number of ether oxygens (including phenoxy) is 1. The van der Waals surface area contributed by atoms with Crippen molar-refractivity contribution in [3.63, 3.8) is 0 Å². The first-order valence-electron chi connectivity index (χ1n) is 4.96. The predicted molar refractivity (Wildman–Crippen MR) is 75.7 cm³/mol. The smallest absolute Gasteiger partial charge is 0.238 e. The highest BCUT2D eigenvalue weighted by Gasteiger charge is 2.00. The Bertz CT molecular complexity index is 621. The van der Waals surface area contributed by atoms with Crippen molar-refractivity contribution in [2.45, 2.75) is 0 Å². The maximum absolute atomic E-state index is 5.22. The maximum Gasteiger partial charge on any atom is 0.238 e.